The van der Waals surface area contributed by atoms with Gasteiger partial charge in [-0.2, -0.15) is 0 Å². The van der Waals surface area contributed by atoms with E-state index < -0.39 is 6.04 Å². The minimum absolute atomic E-state index is 0.0849. The maximum atomic E-state index is 12.9. The van der Waals surface area contributed by atoms with Crippen LogP contribution in [0.25, 0.3) is 0 Å². The molecular formula is C13H15FN2O2. The quantitative estimate of drug-likeness (QED) is 0.832. The standard InChI is InChI=1S/C13H15FN2O2/c14-10-4-1-3-9(7-10)8-12(17)16-11-5-2-6-15-13(11)18/h1,3-4,7,11H,2,5-6,8H2,(H,15,18)(H,16,17)/t11-/m0/s1. The Balaban J connectivity index is 1.90. The molecule has 0 bridgehead atoms. The van der Waals surface area contributed by atoms with Crippen LogP contribution in [-0.4, -0.2) is 24.4 Å². The zero-order valence-corrected chi connectivity index (χ0v) is 9.91. The van der Waals surface area contributed by atoms with Crippen LogP contribution in [0.5, 0.6) is 0 Å². The first-order valence-corrected chi connectivity index (χ1v) is 5.96. The second kappa shape index (κ2) is 5.62. The molecule has 0 saturated carbocycles. The van der Waals surface area contributed by atoms with Crippen LogP contribution in [0, 0.1) is 5.82 Å². The van der Waals surface area contributed by atoms with E-state index in [2.05, 4.69) is 10.6 Å². The number of nitrogens with one attached hydrogen (secondary N) is 2. The van der Waals surface area contributed by atoms with Gasteiger partial charge in [0.25, 0.3) is 0 Å². The van der Waals surface area contributed by atoms with E-state index in [1.807, 2.05) is 0 Å². The maximum absolute atomic E-state index is 12.9. The molecule has 1 aromatic rings. The highest BCUT2D eigenvalue weighted by Crippen LogP contribution is 2.06. The monoisotopic (exact) mass is 250 g/mol. The lowest BCUT2D eigenvalue weighted by Gasteiger charge is -2.22. The summed E-state index contributed by atoms with van der Waals surface area (Å²) in [6.45, 7) is 0.662. The molecule has 96 valence electrons. The summed E-state index contributed by atoms with van der Waals surface area (Å²) in [6.07, 6.45) is 1.60. The van der Waals surface area contributed by atoms with Crippen LogP contribution in [0.2, 0.25) is 0 Å². The van der Waals surface area contributed by atoms with E-state index in [0.717, 1.165) is 6.42 Å². The molecule has 4 nitrogen and oxygen atoms in total. The number of amides is 2. The average molecular weight is 250 g/mol. The molecule has 2 N–H and O–H groups in total. The van der Waals surface area contributed by atoms with Crippen LogP contribution in [0.3, 0.4) is 0 Å². The Morgan fingerprint density at radius 1 is 1.50 bits per heavy atom. The van der Waals surface area contributed by atoms with Crippen LogP contribution in [0.15, 0.2) is 24.3 Å². The lowest BCUT2D eigenvalue weighted by molar-refractivity contribution is -0.129. The molecule has 0 aromatic heterocycles. The van der Waals surface area contributed by atoms with Gasteiger partial charge in [-0.1, -0.05) is 12.1 Å². The van der Waals surface area contributed by atoms with Crippen molar-refractivity contribution >= 4 is 11.8 Å². The van der Waals surface area contributed by atoms with Crippen molar-refractivity contribution in [2.45, 2.75) is 25.3 Å². The number of benzene rings is 1. The van der Waals surface area contributed by atoms with Crippen LogP contribution >= 0.6 is 0 Å². The van der Waals surface area contributed by atoms with Crippen molar-refractivity contribution in [2.24, 2.45) is 0 Å². The third-order valence-corrected chi connectivity index (χ3v) is 2.87. The average Bonchev–Trinajstić information content (AvgIpc) is 2.32. The van der Waals surface area contributed by atoms with Gasteiger partial charge in [-0.25, -0.2) is 4.39 Å². The fraction of sp³-hybridized carbons (Fsp3) is 0.385. The second-order valence-corrected chi connectivity index (χ2v) is 4.36. The minimum Gasteiger partial charge on any atom is -0.354 e. The van der Waals surface area contributed by atoms with E-state index in [-0.39, 0.29) is 24.1 Å². The van der Waals surface area contributed by atoms with E-state index in [0.29, 0.717) is 18.5 Å². The van der Waals surface area contributed by atoms with Crippen molar-refractivity contribution in [3.05, 3.63) is 35.6 Å². The van der Waals surface area contributed by atoms with E-state index in [1.54, 1.807) is 12.1 Å². The van der Waals surface area contributed by atoms with Gasteiger partial charge >= 0.3 is 0 Å². The molecule has 0 unspecified atom stereocenters. The van der Waals surface area contributed by atoms with E-state index in [1.165, 1.54) is 12.1 Å². The highest BCUT2D eigenvalue weighted by molar-refractivity contribution is 5.88. The number of hydrogen-bond acceptors (Lipinski definition) is 2. The van der Waals surface area contributed by atoms with Gasteiger partial charge < -0.3 is 10.6 Å². The second-order valence-electron chi connectivity index (χ2n) is 4.36. The molecule has 1 saturated heterocycles. The first-order valence-electron chi connectivity index (χ1n) is 5.96. The van der Waals surface area contributed by atoms with Gasteiger partial charge in [0, 0.05) is 6.54 Å². The Bertz CT molecular complexity index is 462. The van der Waals surface area contributed by atoms with Crippen molar-refractivity contribution in [2.75, 3.05) is 6.54 Å². The molecule has 18 heavy (non-hydrogen) atoms. The minimum atomic E-state index is -0.459. The van der Waals surface area contributed by atoms with Crippen molar-refractivity contribution in [3.63, 3.8) is 0 Å². The largest absolute Gasteiger partial charge is 0.354 e. The van der Waals surface area contributed by atoms with Crippen LogP contribution in [-0.2, 0) is 16.0 Å². The van der Waals surface area contributed by atoms with Crippen LogP contribution in [0.4, 0.5) is 4.39 Å². The molecule has 1 fully saturated rings. The fourth-order valence-electron chi connectivity index (χ4n) is 1.99. The summed E-state index contributed by atoms with van der Waals surface area (Å²) in [5.74, 6) is -0.771. The molecule has 0 spiro atoms. The molecule has 2 rings (SSSR count). The zero-order chi connectivity index (χ0) is 13.0. The third kappa shape index (κ3) is 3.29. The Morgan fingerprint density at radius 3 is 3.06 bits per heavy atom. The van der Waals surface area contributed by atoms with Crippen molar-refractivity contribution in [1.82, 2.24) is 10.6 Å². The lowest BCUT2D eigenvalue weighted by Crippen LogP contribution is -2.50. The summed E-state index contributed by atoms with van der Waals surface area (Å²) in [5.41, 5.74) is 0.601. The van der Waals surface area contributed by atoms with Gasteiger partial charge in [-0.15, -0.1) is 0 Å². The Hall–Kier alpha value is -1.91. The number of carbonyl (C=O) groups excluding carboxylic acids is 2. The first-order chi connectivity index (χ1) is 8.65. The van der Waals surface area contributed by atoms with E-state index in [4.69, 9.17) is 0 Å². The normalized spacial score (nSPS) is 19.2. The molecule has 1 atom stereocenters. The van der Waals surface area contributed by atoms with Gasteiger partial charge in [0.05, 0.1) is 6.42 Å². The fourth-order valence-corrected chi connectivity index (χ4v) is 1.99. The van der Waals surface area contributed by atoms with Crippen molar-refractivity contribution in [1.29, 1.82) is 0 Å². The van der Waals surface area contributed by atoms with Gasteiger partial charge in [-0.05, 0) is 30.5 Å². The van der Waals surface area contributed by atoms with Crippen LogP contribution < -0.4 is 10.6 Å². The first kappa shape index (κ1) is 12.5. The molecule has 0 aliphatic carbocycles. The number of rotatable bonds is 3. The number of hydrogen-bond donors (Lipinski definition) is 2. The summed E-state index contributed by atoms with van der Waals surface area (Å²) in [5, 5.41) is 5.36. The summed E-state index contributed by atoms with van der Waals surface area (Å²) in [7, 11) is 0. The maximum Gasteiger partial charge on any atom is 0.242 e. The van der Waals surface area contributed by atoms with Gasteiger partial charge in [0.2, 0.25) is 11.8 Å². The van der Waals surface area contributed by atoms with E-state index in [9.17, 15) is 14.0 Å². The van der Waals surface area contributed by atoms with E-state index >= 15 is 0 Å². The Morgan fingerprint density at radius 2 is 2.33 bits per heavy atom. The molecular weight excluding hydrogens is 235 g/mol. The molecule has 1 aliphatic rings. The van der Waals surface area contributed by atoms with Gasteiger partial charge in [0.15, 0.2) is 0 Å². The molecule has 1 heterocycles. The lowest BCUT2D eigenvalue weighted by atomic mass is 10.1. The molecule has 1 aromatic carbocycles. The van der Waals surface area contributed by atoms with Gasteiger partial charge in [-0.3, -0.25) is 9.59 Å². The highest BCUT2D eigenvalue weighted by Gasteiger charge is 2.23. The summed E-state index contributed by atoms with van der Waals surface area (Å²) >= 11 is 0. The zero-order valence-electron chi connectivity index (χ0n) is 9.91. The Labute approximate surface area is 105 Å². The molecule has 2 amide bonds. The number of halogens is 1. The summed E-state index contributed by atoms with van der Waals surface area (Å²) in [6, 6.07) is 5.44. The number of carbonyl (C=O) groups is 2. The summed E-state index contributed by atoms with van der Waals surface area (Å²) in [4.78, 5) is 23.2. The van der Waals surface area contributed by atoms with Crippen molar-refractivity contribution in [3.8, 4) is 0 Å². The van der Waals surface area contributed by atoms with Crippen molar-refractivity contribution < 1.29 is 14.0 Å². The smallest absolute Gasteiger partial charge is 0.242 e. The molecule has 5 heteroatoms. The third-order valence-electron chi connectivity index (χ3n) is 2.87. The predicted octanol–water partition coefficient (Wildman–Crippen LogP) is 0.763. The van der Waals surface area contributed by atoms with Crippen LogP contribution in [0.1, 0.15) is 18.4 Å². The SMILES string of the molecule is O=C(Cc1cccc(F)c1)N[C@H]1CCCNC1=O. The topological polar surface area (TPSA) is 58.2 Å². The Kier molecular flexibility index (Phi) is 3.92. The predicted molar refractivity (Wildman–Crippen MR) is 64.3 cm³/mol. The summed E-state index contributed by atoms with van der Waals surface area (Å²) < 4.78 is 12.9. The molecule has 0 radical (unpaired) electrons. The number of piperidine rings is 1. The molecule has 1 aliphatic heterocycles. The van der Waals surface area contributed by atoms with Gasteiger partial charge in [0.1, 0.15) is 11.9 Å². The highest BCUT2D eigenvalue weighted by atomic mass is 19.1.